The largest absolute Gasteiger partial charge is 0.341 e. The molecule has 0 aliphatic carbocycles. The van der Waals surface area contributed by atoms with Crippen molar-refractivity contribution in [2.24, 2.45) is 0 Å². The third-order valence-corrected chi connectivity index (χ3v) is 2.57. The second kappa shape index (κ2) is 5.31. The molecule has 1 N–H and O–H groups in total. The molecule has 3 heteroatoms. The molecule has 3 nitrogen and oxygen atoms in total. The standard InChI is InChI=1S/C14H15N3/c1-3-7-12(4-2)16-14-15-10-11-8-5-6-9-13(11)17-14/h2,5-6,8-10,12H,3,7H2,1H3,(H,15,16,17). The molecule has 0 saturated heterocycles. The molecule has 17 heavy (non-hydrogen) atoms. The summed E-state index contributed by atoms with van der Waals surface area (Å²) in [4.78, 5) is 8.69. The molecule has 0 radical (unpaired) electrons. The van der Waals surface area contributed by atoms with Crippen LogP contribution in [-0.4, -0.2) is 16.0 Å². The van der Waals surface area contributed by atoms with Gasteiger partial charge in [0.1, 0.15) is 0 Å². The molecular formula is C14H15N3. The SMILES string of the molecule is C#CC(CCC)Nc1ncc2ccccc2n1. The lowest BCUT2D eigenvalue weighted by atomic mass is 10.2. The van der Waals surface area contributed by atoms with Gasteiger partial charge in [-0.15, -0.1) is 6.42 Å². The Labute approximate surface area is 101 Å². The van der Waals surface area contributed by atoms with Gasteiger partial charge in [-0.1, -0.05) is 37.5 Å². The molecule has 2 rings (SSSR count). The van der Waals surface area contributed by atoms with E-state index in [1.165, 1.54) is 0 Å². The number of nitrogens with one attached hydrogen (secondary N) is 1. The van der Waals surface area contributed by atoms with Crippen LogP contribution in [0.3, 0.4) is 0 Å². The Morgan fingerprint density at radius 1 is 1.41 bits per heavy atom. The van der Waals surface area contributed by atoms with Crippen molar-refractivity contribution in [3.8, 4) is 12.3 Å². The van der Waals surface area contributed by atoms with Crippen molar-refractivity contribution in [3.63, 3.8) is 0 Å². The van der Waals surface area contributed by atoms with Gasteiger partial charge in [-0.3, -0.25) is 0 Å². The number of benzene rings is 1. The lowest BCUT2D eigenvalue weighted by Crippen LogP contribution is -2.18. The summed E-state index contributed by atoms with van der Waals surface area (Å²) in [6.45, 7) is 2.10. The zero-order chi connectivity index (χ0) is 12.1. The van der Waals surface area contributed by atoms with Gasteiger partial charge >= 0.3 is 0 Å². The van der Waals surface area contributed by atoms with Crippen molar-refractivity contribution >= 4 is 16.9 Å². The number of terminal acetylenes is 1. The van der Waals surface area contributed by atoms with Crippen molar-refractivity contribution in [2.75, 3.05) is 5.32 Å². The molecule has 0 bridgehead atoms. The van der Waals surface area contributed by atoms with E-state index in [4.69, 9.17) is 6.42 Å². The maximum absolute atomic E-state index is 5.45. The van der Waals surface area contributed by atoms with E-state index >= 15 is 0 Å². The lowest BCUT2D eigenvalue weighted by molar-refractivity contribution is 0.749. The van der Waals surface area contributed by atoms with Crippen LogP contribution in [0, 0.1) is 12.3 Å². The van der Waals surface area contributed by atoms with Gasteiger partial charge in [0.25, 0.3) is 0 Å². The summed E-state index contributed by atoms with van der Waals surface area (Å²) in [5, 5.41) is 4.20. The molecule has 0 amide bonds. The first-order valence-corrected chi connectivity index (χ1v) is 5.78. The average molecular weight is 225 g/mol. The molecular weight excluding hydrogens is 210 g/mol. The van der Waals surface area contributed by atoms with E-state index in [0.717, 1.165) is 23.7 Å². The summed E-state index contributed by atoms with van der Waals surface area (Å²) in [5.74, 6) is 3.31. The number of aromatic nitrogens is 2. The summed E-state index contributed by atoms with van der Waals surface area (Å²) >= 11 is 0. The minimum atomic E-state index is 0.00108. The van der Waals surface area contributed by atoms with Crippen molar-refractivity contribution in [1.29, 1.82) is 0 Å². The van der Waals surface area contributed by atoms with E-state index in [0.29, 0.717) is 5.95 Å². The molecule has 1 aromatic carbocycles. The zero-order valence-electron chi connectivity index (χ0n) is 9.85. The van der Waals surface area contributed by atoms with Crippen molar-refractivity contribution in [1.82, 2.24) is 9.97 Å². The van der Waals surface area contributed by atoms with Gasteiger partial charge in [0.05, 0.1) is 11.6 Å². The van der Waals surface area contributed by atoms with Gasteiger partial charge in [0, 0.05) is 11.6 Å². The normalized spacial score (nSPS) is 12.0. The van der Waals surface area contributed by atoms with Crippen LogP contribution in [0.2, 0.25) is 0 Å². The first-order valence-electron chi connectivity index (χ1n) is 5.78. The predicted molar refractivity (Wildman–Crippen MR) is 70.7 cm³/mol. The highest BCUT2D eigenvalue weighted by Crippen LogP contribution is 2.12. The summed E-state index contributed by atoms with van der Waals surface area (Å²) < 4.78 is 0. The Bertz CT molecular complexity index is 542. The Balaban J connectivity index is 2.22. The number of hydrogen-bond acceptors (Lipinski definition) is 3. The summed E-state index contributed by atoms with van der Waals surface area (Å²) in [6, 6.07) is 7.89. The molecule has 1 atom stereocenters. The summed E-state index contributed by atoms with van der Waals surface area (Å²) in [5.41, 5.74) is 0.928. The second-order valence-corrected chi connectivity index (χ2v) is 3.90. The highest BCUT2D eigenvalue weighted by atomic mass is 15.1. The third kappa shape index (κ3) is 2.73. The quantitative estimate of drug-likeness (QED) is 0.813. The molecule has 1 aromatic heterocycles. The zero-order valence-corrected chi connectivity index (χ0v) is 9.85. The predicted octanol–water partition coefficient (Wildman–Crippen LogP) is 2.84. The van der Waals surface area contributed by atoms with Crippen molar-refractivity contribution in [3.05, 3.63) is 30.5 Å². The lowest BCUT2D eigenvalue weighted by Gasteiger charge is -2.11. The molecule has 1 unspecified atom stereocenters. The first-order chi connectivity index (χ1) is 8.33. The second-order valence-electron chi connectivity index (χ2n) is 3.90. The van der Waals surface area contributed by atoms with Crippen LogP contribution < -0.4 is 5.32 Å². The molecule has 86 valence electrons. The number of hydrogen-bond donors (Lipinski definition) is 1. The van der Waals surface area contributed by atoms with Crippen LogP contribution in [0.5, 0.6) is 0 Å². The maximum Gasteiger partial charge on any atom is 0.224 e. The topological polar surface area (TPSA) is 37.8 Å². The van der Waals surface area contributed by atoms with Gasteiger partial charge in [0.15, 0.2) is 0 Å². The maximum atomic E-state index is 5.45. The fourth-order valence-electron chi connectivity index (χ4n) is 1.68. The minimum Gasteiger partial charge on any atom is -0.341 e. The van der Waals surface area contributed by atoms with Crippen LogP contribution in [0.4, 0.5) is 5.95 Å². The van der Waals surface area contributed by atoms with Crippen LogP contribution >= 0.6 is 0 Å². The fraction of sp³-hybridized carbons (Fsp3) is 0.286. The number of fused-ring (bicyclic) bond motifs is 1. The van der Waals surface area contributed by atoms with E-state index in [1.54, 1.807) is 0 Å². The Morgan fingerprint density at radius 2 is 2.24 bits per heavy atom. The minimum absolute atomic E-state index is 0.00108. The van der Waals surface area contributed by atoms with Crippen molar-refractivity contribution < 1.29 is 0 Å². The Kier molecular flexibility index (Phi) is 3.56. The summed E-state index contributed by atoms with van der Waals surface area (Å²) in [6.07, 6.45) is 9.22. The van der Waals surface area contributed by atoms with Gasteiger partial charge in [0.2, 0.25) is 5.95 Å². The Morgan fingerprint density at radius 3 is 3.00 bits per heavy atom. The van der Waals surface area contributed by atoms with Crippen LogP contribution in [0.25, 0.3) is 10.9 Å². The highest BCUT2D eigenvalue weighted by Gasteiger charge is 2.05. The number of rotatable bonds is 4. The van der Waals surface area contributed by atoms with E-state index in [2.05, 4.69) is 28.1 Å². The number of para-hydroxylation sites is 1. The van der Waals surface area contributed by atoms with Crippen LogP contribution in [0.1, 0.15) is 19.8 Å². The van der Waals surface area contributed by atoms with E-state index in [1.807, 2.05) is 30.5 Å². The molecule has 0 aliphatic heterocycles. The number of nitrogens with zero attached hydrogens (tertiary/aromatic N) is 2. The van der Waals surface area contributed by atoms with Gasteiger partial charge in [-0.25, -0.2) is 9.97 Å². The van der Waals surface area contributed by atoms with E-state index in [9.17, 15) is 0 Å². The van der Waals surface area contributed by atoms with E-state index in [-0.39, 0.29) is 6.04 Å². The number of anilines is 1. The molecule has 0 saturated carbocycles. The molecule has 1 heterocycles. The molecule has 0 aliphatic rings. The van der Waals surface area contributed by atoms with Crippen LogP contribution in [0.15, 0.2) is 30.5 Å². The van der Waals surface area contributed by atoms with Gasteiger partial charge < -0.3 is 5.32 Å². The third-order valence-electron chi connectivity index (χ3n) is 2.57. The van der Waals surface area contributed by atoms with Gasteiger partial charge in [-0.05, 0) is 12.5 Å². The fourth-order valence-corrected chi connectivity index (χ4v) is 1.68. The molecule has 0 fully saturated rings. The Hall–Kier alpha value is -2.08. The van der Waals surface area contributed by atoms with Gasteiger partial charge in [-0.2, -0.15) is 0 Å². The smallest absolute Gasteiger partial charge is 0.224 e. The summed E-state index contributed by atoms with van der Waals surface area (Å²) in [7, 11) is 0. The van der Waals surface area contributed by atoms with Crippen LogP contribution in [-0.2, 0) is 0 Å². The molecule has 2 aromatic rings. The van der Waals surface area contributed by atoms with E-state index < -0.39 is 0 Å². The monoisotopic (exact) mass is 225 g/mol. The van der Waals surface area contributed by atoms with Crippen molar-refractivity contribution in [2.45, 2.75) is 25.8 Å². The average Bonchev–Trinajstić information content (AvgIpc) is 2.38. The molecule has 0 spiro atoms. The highest BCUT2D eigenvalue weighted by molar-refractivity contribution is 5.78. The first kappa shape index (κ1) is 11.4.